The minimum Gasteiger partial charge on any atom is -0.491 e. The Balaban J connectivity index is 0.000000248. The van der Waals surface area contributed by atoms with Gasteiger partial charge in [0.25, 0.3) is 0 Å². The van der Waals surface area contributed by atoms with Crippen molar-refractivity contribution in [1.82, 2.24) is 21.3 Å². The highest BCUT2D eigenvalue weighted by atomic mass is 16.5. The Labute approximate surface area is 550 Å². The lowest BCUT2D eigenvalue weighted by molar-refractivity contribution is 0.104. The van der Waals surface area contributed by atoms with Crippen molar-refractivity contribution in [1.29, 1.82) is 0 Å². The zero-order chi connectivity index (χ0) is 76.6. The van der Waals surface area contributed by atoms with Gasteiger partial charge in [-0.3, -0.25) is 0 Å². The highest BCUT2D eigenvalue weighted by Crippen LogP contribution is 2.31. The summed E-state index contributed by atoms with van der Waals surface area (Å²) < 4.78 is 161. The molecular formula is C72H116N4O12. The molecule has 0 spiro atoms. The van der Waals surface area contributed by atoms with E-state index in [1.165, 1.54) is 30.5 Å². The number of ether oxygens (including phenoxy) is 8. The van der Waals surface area contributed by atoms with Crippen molar-refractivity contribution < 1.29 is 78.9 Å². The monoisotopic (exact) mass is 1240 g/mol. The van der Waals surface area contributed by atoms with E-state index in [0.29, 0.717) is 56.6 Å². The second-order valence-corrected chi connectivity index (χ2v) is 23.9. The normalized spacial score (nSPS) is 20.0. The third-order valence-electron chi connectivity index (χ3n) is 13.1. The van der Waals surface area contributed by atoms with Crippen LogP contribution in [0.5, 0.6) is 23.0 Å². The molecule has 8 rings (SSSR count). The number of aliphatic hydroxyl groups is 4. The first-order valence-corrected chi connectivity index (χ1v) is 31.8. The maximum Gasteiger partial charge on any atom is 0.119 e. The summed E-state index contributed by atoms with van der Waals surface area (Å²) in [6.45, 7) is 3.38. The van der Waals surface area contributed by atoms with Crippen molar-refractivity contribution in [3.63, 3.8) is 0 Å². The van der Waals surface area contributed by atoms with Gasteiger partial charge < -0.3 is 79.6 Å². The first kappa shape index (κ1) is 54.2. The average Bonchev–Trinajstić information content (AvgIpc) is 1.76. The van der Waals surface area contributed by atoms with Gasteiger partial charge in [-0.05, 0) is 172 Å². The molecule has 4 aromatic carbocycles. The Hall–Kier alpha value is -4.40. The molecule has 4 aliphatic carbocycles. The summed E-state index contributed by atoms with van der Waals surface area (Å²) in [6.07, 6.45) is 4.28. The molecule has 0 aromatic heterocycles. The van der Waals surface area contributed by atoms with Crippen LogP contribution < -0.4 is 40.2 Å². The Morgan fingerprint density at radius 2 is 0.682 bits per heavy atom. The Kier molecular flexibility index (Phi) is 27.2. The second kappa shape index (κ2) is 44.2. The van der Waals surface area contributed by atoms with E-state index in [9.17, 15) is 20.4 Å². The van der Waals surface area contributed by atoms with E-state index in [2.05, 4.69) is 21.3 Å². The predicted octanol–water partition coefficient (Wildman–Crippen LogP) is 9.57. The molecule has 4 atom stereocenters. The molecular weight excluding hydrogens is 1110 g/mol. The van der Waals surface area contributed by atoms with Crippen LogP contribution in [0.15, 0.2) is 97.1 Å². The van der Waals surface area contributed by atoms with Gasteiger partial charge in [0.15, 0.2) is 0 Å². The van der Waals surface area contributed by atoms with Gasteiger partial charge in [0.1, 0.15) is 73.8 Å². The fraction of sp³-hybridized carbons (Fsp3) is 0.667. The average molecular weight is 1240 g/mol. The molecule has 0 bridgehead atoms. The third-order valence-corrected chi connectivity index (χ3v) is 13.1. The first-order valence-electron chi connectivity index (χ1n) is 39.3. The number of hydrogen-bond acceptors (Lipinski definition) is 16. The molecule has 496 valence electrons. The van der Waals surface area contributed by atoms with Crippen LogP contribution in [0.25, 0.3) is 0 Å². The largest absolute Gasteiger partial charge is 0.491 e. The summed E-state index contributed by atoms with van der Waals surface area (Å²) in [7, 11) is 0. The van der Waals surface area contributed by atoms with Crippen molar-refractivity contribution >= 4 is 0 Å². The van der Waals surface area contributed by atoms with Gasteiger partial charge in [-0.2, -0.15) is 0 Å². The van der Waals surface area contributed by atoms with Gasteiger partial charge in [0, 0.05) is 84.7 Å². The molecule has 88 heavy (non-hydrogen) atoms. The molecule has 8 N–H and O–H groups in total. The SMILES string of the molecule is [2H]C([2H])(NC(C)C)C(O)COc1ccc(CCOC([2H])([2H])C2CC2)cc1.[2H]C([2H])(NC(C)C)C(O)COc1ccc(CCOCC2CC2)cc1.[2H]C([2H])(OCCc1ccc(OC([2H])([2H])C([2H])(O)C([2H])([2H])NC(C)C)cc1)C1CC1.[2H]C([2H])(OCCc1ccc(OCC(O)CNC(C)C)cc1)C1CC1. The van der Waals surface area contributed by atoms with E-state index >= 15 is 0 Å². The highest BCUT2D eigenvalue weighted by Gasteiger charge is 2.23. The van der Waals surface area contributed by atoms with Crippen LogP contribution in [-0.2, 0) is 44.6 Å². The summed E-state index contributed by atoms with van der Waals surface area (Å²) in [6, 6.07) is 28.4. The lowest BCUT2D eigenvalue weighted by Gasteiger charge is -2.15. The maximum atomic E-state index is 10.3. The van der Waals surface area contributed by atoms with Gasteiger partial charge in [0.05, 0.1) is 38.8 Å². The van der Waals surface area contributed by atoms with Crippen LogP contribution in [0.1, 0.15) is 150 Å². The van der Waals surface area contributed by atoms with Crippen LogP contribution in [0.4, 0.5) is 0 Å². The Morgan fingerprint density at radius 3 is 1.00 bits per heavy atom. The smallest absolute Gasteiger partial charge is 0.119 e. The predicted molar refractivity (Wildman–Crippen MR) is 353 cm³/mol. The molecule has 4 unspecified atom stereocenters. The lowest BCUT2D eigenvalue weighted by atomic mass is 10.1. The van der Waals surface area contributed by atoms with E-state index in [1.807, 2.05) is 102 Å². The minimum atomic E-state index is -3.22. The van der Waals surface area contributed by atoms with Crippen LogP contribution in [-0.4, -0.2) is 174 Å². The van der Waals surface area contributed by atoms with Gasteiger partial charge >= 0.3 is 0 Å². The molecule has 16 nitrogen and oxygen atoms in total. The van der Waals surface area contributed by atoms with Crippen molar-refractivity contribution in [3.8, 4) is 23.0 Å². The number of aliphatic hydroxyl groups excluding tert-OH is 3. The molecule has 0 aliphatic heterocycles. The van der Waals surface area contributed by atoms with Crippen LogP contribution in [0, 0.1) is 23.7 Å². The van der Waals surface area contributed by atoms with E-state index in [-0.39, 0.29) is 62.0 Å². The van der Waals surface area contributed by atoms with E-state index in [4.69, 9.17) is 58.5 Å². The number of benzene rings is 4. The van der Waals surface area contributed by atoms with Gasteiger partial charge in [0.2, 0.25) is 0 Å². The number of hydrogen-bond donors (Lipinski definition) is 8. The minimum absolute atomic E-state index is 0.0269. The summed E-state index contributed by atoms with van der Waals surface area (Å²) in [5, 5.41) is 50.9. The molecule has 0 heterocycles. The van der Waals surface area contributed by atoms with Crippen molar-refractivity contribution in [3.05, 3.63) is 119 Å². The van der Waals surface area contributed by atoms with E-state index in [0.717, 1.165) is 86.5 Å². The number of rotatable bonds is 44. The van der Waals surface area contributed by atoms with E-state index < -0.39 is 76.2 Å². The molecule has 0 saturated heterocycles. The van der Waals surface area contributed by atoms with Crippen molar-refractivity contribution in [2.24, 2.45) is 23.7 Å². The van der Waals surface area contributed by atoms with Gasteiger partial charge in [-0.25, -0.2) is 0 Å². The molecule has 4 saturated carbocycles. The van der Waals surface area contributed by atoms with Crippen LogP contribution >= 0.6 is 0 Å². The number of nitrogens with one attached hydrogen (secondary N) is 4. The standard InChI is InChI=1S/4C18H29NO3/c4*1-14(2)19-11-17(20)13-22-18-7-5-15(6-8-18)9-10-21-12-16-3-4-16/h4*5-8,14,16-17,19-20H,3-4,9-13H2,1-2H3/i11D2,12D2,13D2,17D;11D2,12D2;12D2;11D2. The molecule has 4 aliphatic rings. The quantitative estimate of drug-likeness (QED) is 0.0194. The Bertz CT molecular complexity index is 3020. The zero-order valence-electron chi connectivity index (χ0n) is 68.5. The fourth-order valence-electron chi connectivity index (χ4n) is 7.27. The zero-order valence-corrected chi connectivity index (χ0v) is 53.5. The topological polar surface area (TPSA) is 203 Å². The molecule has 16 heteroatoms. The second-order valence-electron chi connectivity index (χ2n) is 23.9. The first-order chi connectivity index (χ1) is 48.0. The van der Waals surface area contributed by atoms with Gasteiger partial charge in [-0.15, -0.1) is 0 Å². The highest BCUT2D eigenvalue weighted by molar-refractivity contribution is 5.30. The van der Waals surface area contributed by atoms with Crippen LogP contribution in [0.2, 0.25) is 0 Å². The molecule has 4 aromatic rings. The maximum absolute atomic E-state index is 10.3. The van der Waals surface area contributed by atoms with Crippen LogP contribution in [0.3, 0.4) is 0 Å². The molecule has 0 radical (unpaired) electrons. The fourth-order valence-corrected chi connectivity index (χ4v) is 7.27. The summed E-state index contributed by atoms with van der Waals surface area (Å²) in [4.78, 5) is 0. The summed E-state index contributed by atoms with van der Waals surface area (Å²) in [5.74, 6) is 2.78. The molecule has 0 amide bonds. The summed E-state index contributed by atoms with van der Waals surface area (Å²) >= 11 is 0. The lowest BCUT2D eigenvalue weighted by Crippen LogP contribution is -2.35. The molecule has 4 fully saturated rings. The Morgan fingerprint density at radius 1 is 0.386 bits per heavy atom. The van der Waals surface area contributed by atoms with Gasteiger partial charge in [-0.1, -0.05) is 104 Å². The summed E-state index contributed by atoms with van der Waals surface area (Å²) in [5.41, 5.74) is 4.08. The van der Waals surface area contributed by atoms with Crippen molar-refractivity contribution in [2.75, 3.05) is 105 Å². The van der Waals surface area contributed by atoms with Crippen molar-refractivity contribution in [2.45, 2.75) is 181 Å². The third kappa shape index (κ3) is 39.7. The van der Waals surface area contributed by atoms with E-state index in [1.54, 1.807) is 38.1 Å².